The standard InChI is InChI=1S/C21H20ClN5O4/c1-13(29)24-14-2-4-15(5-3-14)25-21-23-9-8-18(26-21)27(10-11-28)19-16(22)6-7-17-20(19)31-12-30-17/h2-9,28H,10-12H2,1H3,(H,24,29)(H,23,25,26). The highest BCUT2D eigenvalue weighted by Crippen LogP contribution is 2.47. The Morgan fingerprint density at radius 2 is 1.94 bits per heavy atom. The van der Waals surface area contributed by atoms with Crippen molar-refractivity contribution in [3.63, 3.8) is 0 Å². The van der Waals surface area contributed by atoms with Gasteiger partial charge in [-0.3, -0.25) is 4.79 Å². The van der Waals surface area contributed by atoms with Crippen LogP contribution in [0.1, 0.15) is 6.92 Å². The van der Waals surface area contributed by atoms with E-state index in [1.165, 1.54) is 6.92 Å². The summed E-state index contributed by atoms with van der Waals surface area (Å²) in [4.78, 5) is 21.7. The predicted octanol–water partition coefficient (Wildman–Crippen LogP) is 3.69. The van der Waals surface area contributed by atoms with Gasteiger partial charge in [-0.1, -0.05) is 11.6 Å². The number of ether oxygens (including phenoxy) is 2. The number of halogens is 1. The molecule has 1 amide bonds. The Bertz CT molecular complexity index is 1090. The third-order valence-corrected chi connectivity index (χ3v) is 4.74. The summed E-state index contributed by atoms with van der Waals surface area (Å²) in [6.45, 7) is 1.66. The Labute approximate surface area is 183 Å². The van der Waals surface area contributed by atoms with Crippen molar-refractivity contribution in [1.82, 2.24) is 9.97 Å². The minimum absolute atomic E-state index is 0.0979. The third-order valence-electron chi connectivity index (χ3n) is 4.44. The van der Waals surface area contributed by atoms with Crippen molar-refractivity contribution in [2.24, 2.45) is 0 Å². The number of carbonyl (C=O) groups excluding carboxylic acids is 1. The van der Waals surface area contributed by atoms with E-state index in [-0.39, 0.29) is 25.9 Å². The molecule has 1 aliphatic heterocycles. The van der Waals surface area contributed by atoms with Gasteiger partial charge in [0.25, 0.3) is 0 Å². The van der Waals surface area contributed by atoms with Crippen LogP contribution in [-0.4, -0.2) is 40.9 Å². The average molecular weight is 442 g/mol. The van der Waals surface area contributed by atoms with Gasteiger partial charge >= 0.3 is 0 Å². The molecule has 10 heteroatoms. The smallest absolute Gasteiger partial charge is 0.231 e. The number of fused-ring (bicyclic) bond motifs is 1. The van der Waals surface area contributed by atoms with E-state index < -0.39 is 0 Å². The largest absolute Gasteiger partial charge is 0.454 e. The Kier molecular flexibility index (Phi) is 6.06. The van der Waals surface area contributed by atoms with Crippen molar-refractivity contribution in [3.05, 3.63) is 53.7 Å². The van der Waals surface area contributed by atoms with Crippen molar-refractivity contribution in [3.8, 4) is 11.5 Å². The summed E-state index contributed by atoms with van der Waals surface area (Å²) in [5.74, 6) is 1.82. The molecule has 0 radical (unpaired) electrons. The Balaban J connectivity index is 1.62. The number of benzene rings is 2. The molecule has 0 atom stereocenters. The van der Waals surface area contributed by atoms with Gasteiger partial charge in [0.2, 0.25) is 18.6 Å². The van der Waals surface area contributed by atoms with E-state index in [9.17, 15) is 9.90 Å². The number of aromatic nitrogens is 2. The summed E-state index contributed by atoms with van der Waals surface area (Å²) >= 11 is 6.46. The molecule has 2 heterocycles. The topological polar surface area (TPSA) is 109 Å². The molecule has 0 unspecified atom stereocenters. The van der Waals surface area contributed by atoms with Crippen LogP contribution < -0.4 is 25.0 Å². The zero-order chi connectivity index (χ0) is 21.8. The van der Waals surface area contributed by atoms with Gasteiger partial charge in [-0.2, -0.15) is 4.98 Å². The van der Waals surface area contributed by atoms with Crippen LogP contribution in [0.2, 0.25) is 5.02 Å². The number of hydrogen-bond acceptors (Lipinski definition) is 8. The van der Waals surface area contributed by atoms with E-state index in [2.05, 4.69) is 20.6 Å². The van der Waals surface area contributed by atoms with Gasteiger partial charge in [0.15, 0.2) is 11.5 Å². The number of carbonyl (C=O) groups is 1. The second-order valence-electron chi connectivity index (χ2n) is 6.63. The molecule has 0 spiro atoms. The first kappa shape index (κ1) is 20.7. The molecule has 9 nitrogen and oxygen atoms in total. The van der Waals surface area contributed by atoms with Gasteiger partial charge in [-0.05, 0) is 42.5 Å². The molecule has 3 N–H and O–H groups in total. The second kappa shape index (κ2) is 9.07. The predicted molar refractivity (Wildman–Crippen MR) is 118 cm³/mol. The Morgan fingerprint density at radius 3 is 2.68 bits per heavy atom. The van der Waals surface area contributed by atoms with E-state index in [1.807, 2.05) is 0 Å². The van der Waals surface area contributed by atoms with Crippen LogP contribution in [0.4, 0.5) is 28.8 Å². The lowest BCUT2D eigenvalue weighted by atomic mass is 10.2. The molecule has 0 aliphatic carbocycles. The number of aliphatic hydroxyl groups excluding tert-OH is 1. The SMILES string of the molecule is CC(=O)Nc1ccc(Nc2nccc(N(CCO)c3c(Cl)ccc4c3OCO4)n2)cc1. The summed E-state index contributed by atoms with van der Waals surface area (Å²) in [7, 11) is 0. The number of anilines is 5. The van der Waals surface area contributed by atoms with Crippen LogP contribution in [0.5, 0.6) is 11.5 Å². The summed E-state index contributed by atoms with van der Waals surface area (Å²) in [6, 6.07) is 12.3. The Hall–Kier alpha value is -3.56. The first-order chi connectivity index (χ1) is 15.0. The number of nitrogens with zero attached hydrogens (tertiary/aromatic N) is 3. The van der Waals surface area contributed by atoms with Crippen LogP contribution in [0.25, 0.3) is 0 Å². The molecule has 3 aromatic rings. The van der Waals surface area contributed by atoms with E-state index >= 15 is 0 Å². The van der Waals surface area contributed by atoms with Gasteiger partial charge in [0.05, 0.1) is 11.6 Å². The van der Waals surface area contributed by atoms with E-state index in [0.717, 1.165) is 5.69 Å². The zero-order valence-corrected chi connectivity index (χ0v) is 17.4. The van der Waals surface area contributed by atoms with Crippen molar-refractivity contribution < 1.29 is 19.4 Å². The number of nitrogens with one attached hydrogen (secondary N) is 2. The minimum Gasteiger partial charge on any atom is -0.454 e. The van der Waals surface area contributed by atoms with Crippen molar-refractivity contribution in [2.45, 2.75) is 6.92 Å². The van der Waals surface area contributed by atoms with Gasteiger partial charge in [-0.25, -0.2) is 4.98 Å². The maximum Gasteiger partial charge on any atom is 0.231 e. The highest BCUT2D eigenvalue weighted by atomic mass is 35.5. The van der Waals surface area contributed by atoms with Gasteiger partial charge in [0.1, 0.15) is 11.5 Å². The zero-order valence-electron chi connectivity index (χ0n) is 16.6. The summed E-state index contributed by atoms with van der Waals surface area (Å²) in [5.41, 5.74) is 2.00. The molecule has 0 fully saturated rings. The first-order valence-electron chi connectivity index (χ1n) is 9.49. The highest BCUT2D eigenvalue weighted by Gasteiger charge is 2.26. The molecular weight excluding hydrogens is 422 g/mol. The van der Waals surface area contributed by atoms with Crippen molar-refractivity contribution in [1.29, 1.82) is 0 Å². The fourth-order valence-electron chi connectivity index (χ4n) is 3.16. The first-order valence-corrected chi connectivity index (χ1v) is 9.87. The molecule has 31 heavy (non-hydrogen) atoms. The van der Waals surface area contributed by atoms with Crippen LogP contribution in [-0.2, 0) is 4.79 Å². The maximum atomic E-state index is 11.2. The number of rotatable bonds is 7. The lowest BCUT2D eigenvalue weighted by molar-refractivity contribution is -0.114. The summed E-state index contributed by atoms with van der Waals surface area (Å²) in [5, 5.41) is 15.9. The van der Waals surface area contributed by atoms with Crippen LogP contribution >= 0.6 is 11.6 Å². The molecule has 2 aromatic carbocycles. The number of amides is 1. The van der Waals surface area contributed by atoms with Crippen molar-refractivity contribution in [2.75, 3.05) is 35.5 Å². The minimum atomic E-state index is -0.138. The number of aliphatic hydroxyl groups is 1. The second-order valence-corrected chi connectivity index (χ2v) is 7.03. The average Bonchev–Trinajstić information content (AvgIpc) is 3.23. The molecule has 0 bridgehead atoms. The monoisotopic (exact) mass is 441 g/mol. The van der Waals surface area contributed by atoms with Crippen LogP contribution in [0, 0.1) is 0 Å². The normalized spacial score (nSPS) is 11.8. The lowest BCUT2D eigenvalue weighted by Crippen LogP contribution is -2.23. The van der Waals surface area contributed by atoms with Crippen molar-refractivity contribution >= 4 is 46.3 Å². The fraction of sp³-hybridized carbons (Fsp3) is 0.190. The number of hydrogen-bond donors (Lipinski definition) is 3. The highest BCUT2D eigenvalue weighted by molar-refractivity contribution is 6.34. The third kappa shape index (κ3) is 4.62. The van der Waals surface area contributed by atoms with Gasteiger partial charge in [0, 0.05) is 31.0 Å². The fourth-order valence-corrected chi connectivity index (χ4v) is 3.41. The molecular formula is C21H20ClN5O4. The molecule has 1 aliphatic rings. The Morgan fingerprint density at radius 1 is 1.16 bits per heavy atom. The molecule has 0 saturated carbocycles. The van der Waals surface area contributed by atoms with E-state index in [1.54, 1.807) is 53.6 Å². The molecule has 0 saturated heterocycles. The van der Waals surface area contributed by atoms with E-state index in [0.29, 0.717) is 39.7 Å². The van der Waals surface area contributed by atoms with Gasteiger partial charge < -0.3 is 30.1 Å². The van der Waals surface area contributed by atoms with E-state index in [4.69, 9.17) is 21.1 Å². The summed E-state index contributed by atoms with van der Waals surface area (Å²) < 4.78 is 11.1. The van der Waals surface area contributed by atoms with Gasteiger partial charge in [-0.15, -0.1) is 0 Å². The molecule has 160 valence electrons. The maximum absolute atomic E-state index is 11.2. The lowest BCUT2D eigenvalue weighted by Gasteiger charge is -2.25. The van der Waals surface area contributed by atoms with Crippen LogP contribution in [0.3, 0.4) is 0 Å². The molecule has 4 rings (SSSR count). The quantitative estimate of drug-likeness (QED) is 0.509. The summed E-state index contributed by atoms with van der Waals surface area (Å²) in [6.07, 6.45) is 1.61. The molecule has 1 aromatic heterocycles. The van der Waals surface area contributed by atoms with Crippen LogP contribution in [0.15, 0.2) is 48.7 Å².